The highest BCUT2D eigenvalue weighted by atomic mass is 35.5. The average molecular weight is 356 g/mol. The standard InChI is InChI=1S/C16H10ClN5OS/c17-12-6-4-10(5-7-12)14(23)19-13-3-1-2-11(8-13)15-21-22-9-18-20-16(22)24-15/h1-9H,(H,19,23). The van der Waals surface area contributed by atoms with Crippen molar-refractivity contribution in [3.8, 4) is 10.6 Å². The van der Waals surface area contributed by atoms with Crippen LogP contribution < -0.4 is 5.32 Å². The van der Waals surface area contributed by atoms with E-state index in [1.54, 1.807) is 35.1 Å². The molecule has 0 radical (unpaired) electrons. The average Bonchev–Trinajstić information content (AvgIpc) is 3.17. The van der Waals surface area contributed by atoms with Crippen molar-refractivity contribution in [2.75, 3.05) is 5.32 Å². The summed E-state index contributed by atoms with van der Waals surface area (Å²) in [6.45, 7) is 0. The predicted octanol–water partition coefficient (Wildman–Crippen LogP) is 3.76. The summed E-state index contributed by atoms with van der Waals surface area (Å²) < 4.78 is 1.62. The summed E-state index contributed by atoms with van der Waals surface area (Å²) in [5, 5.41) is 16.4. The number of rotatable bonds is 3. The second kappa shape index (κ2) is 6.03. The van der Waals surface area contributed by atoms with E-state index in [1.165, 1.54) is 11.3 Å². The van der Waals surface area contributed by atoms with E-state index in [-0.39, 0.29) is 5.91 Å². The van der Waals surface area contributed by atoms with Gasteiger partial charge in [-0.05, 0) is 36.4 Å². The van der Waals surface area contributed by atoms with E-state index in [2.05, 4.69) is 20.6 Å². The van der Waals surface area contributed by atoms with Crippen molar-refractivity contribution in [1.29, 1.82) is 0 Å². The van der Waals surface area contributed by atoms with Gasteiger partial charge in [0.05, 0.1) is 0 Å². The number of carbonyl (C=O) groups is 1. The number of aromatic nitrogens is 4. The minimum atomic E-state index is -0.193. The lowest BCUT2D eigenvalue weighted by Gasteiger charge is -2.06. The molecule has 24 heavy (non-hydrogen) atoms. The first kappa shape index (κ1) is 14.8. The Morgan fingerprint density at radius 3 is 2.79 bits per heavy atom. The Hall–Kier alpha value is -2.77. The van der Waals surface area contributed by atoms with Crippen LogP contribution in [0, 0.1) is 0 Å². The zero-order valence-electron chi connectivity index (χ0n) is 12.2. The second-order valence-electron chi connectivity index (χ2n) is 5.01. The summed E-state index contributed by atoms with van der Waals surface area (Å²) in [6.07, 6.45) is 1.56. The molecule has 4 aromatic rings. The highest BCUT2D eigenvalue weighted by Crippen LogP contribution is 2.27. The van der Waals surface area contributed by atoms with E-state index in [1.807, 2.05) is 24.3 Å². The number of hydrogen-bond donors (Lipinski definition) is 1. The van der Waals surface area contributed by atoms with Gasteiger partial charge in [0.2, 0.25) is 4.96 Å². The summed E-state index contributed by atoms with van der Waals surface area (Å²) in [5.41, 5.74) is 2.14. The quantitative estimate of drug-likeness (QED) is 0.607. The normalized spacial score (nSPS) is 10.9. The number of amides is 1. The summed E-state index contributed by atoms with van der Waals surface area (Å²) in [4.78, 5) is 13.0. The van der Waals surface area contributed by atoms with Gasteiger partial charge in [-0.1, -0.05) is 35.1 Å². The molecule has 2 aromatic carbocycles. The van der Waals surface area contributed by atoms with Crippen LogP contribution in [0.2, 0.25) is 5.02 Å². The fourth-order valence-electron chi connectivity index (χ4n) is 2.21. The van der Waals surface area contributed by atoms with Crippen LogP contribution in [0.15, 0.2) is 54.9 Å². The van der Waals surface area contributed by atoms with Crippen LogP contribution in [-0.4, -0.2) is 25.7 Å². The van der Waals surface area contributed by atoms with E-state index < -0.39 is 0 Å². The van der Waals surface area contributed by atoms with Crippen LogP contribution in [0.25, 0.3) is 15.5 Å². The lowest BCUT2D eigenvalue weighted by atomic mass is 10.2. The maximum absolute atomic E-state index is 12.3. The first-order valence-electron chi connectivity index (χ1n) is 7.03. The van der Waals surface area contributed by atoms with Crippen molar-refractivity contribution in [1.82, 2.24) is 19.8 Å². The van der Waals surface area contributed by atoms with E-state index in [9.17, 15) is 4.79 Å². The van der Waals surface area contributed by atoms with Gasteiger partial charge in [0.25, 0.3) is 5.91 Å². The number of carbonyl (C=O) groups excluding carboxylic acids is 1. The Morgan fingerprint density at radius 1 is 1.17 bits per heavy atom. The molecule has 4 rings (SSSR count). The maximum atomic E-state index is 12.3. The Morgan fingerprint density at radius 2 is 2.00 bits per heavy atom. The topological polar surface area (TPSA) is 72.2 Å². The Labute approximate surface area is 145 Å². The van der Waals surface area contributed by atoms with Gasteiger partial charge in [-0.15, -0.1) is 10.2 Å². The van der Waals surface area contributed by atoms with Crippen LogP contribution in [0.5, 0.6) is 0 Å². The summed E-state index contributed by atoms with van der Waals surface area (Å²) in [5.74, 6) is -0.193. The number of hydrogen-bond acceptors (Lipinski definition) is 5. The Balaban J connectivity index is 1.59. The van der Waals surface area contributed by atoms with Crippen molar-refractivity contribution in [3.63, 3.8) is 0 Å². The van der Waals surface area contributed by atoms with Gasteiger partial charge in [0.1, 0.15) is 11.3 Å². The monoisotopic (exact) mass is 355 g/mol. The summed E-state index contributed by atoms with van der Waals surface area (Å²) >= 11 is 7.27. The number of nitrogens with one attached hydrogen (secondary N) is 1. The Kier molecular flexibility index (Phi) is 3.72. The van der Waals surface area contributed by atoms with Crippen molar-refractivity contribution >= 4 is 39.5 Å². The molecule has 118 valence electrons. The molecule has 0 saturated carbocycles. The Bertz CT molecular complexity index is 996. The number of fused-ring (bicyclic) bond motifs is 1. The van der Waals surface area contributed by atoms with Gasteiger partial charge in [0, 0.05) is 21.8 Å². The van der Waals surface area contributed by atoms with E-state index in [0.717, 1.165) is 15.5 Å². The highest BCUT2D eigenvalue weighted by Gasteiger charge is 2.10. The molecule has 1 amide bonds. The number of benzene rings is 2. The molecule has 0 unspecified atom stereocenters. The van der Waals surface area contributed by atoms with Crippen molar-refractivity contribution in [2.45, 2.75) is 0 Å². The lowest BCUT2D eigenvalue weighted by Crippen LogP contribution is -2.11. The number of halogens is 1. The molecule has 6 nitrogen and oxygen atoms in total. The fourth-order valence-corrected chi connectivity index (χ4v) is 3.15. The van der Waals surface area contributed by atoms with Crippen LogP contribution in [0.1, 0.15) is 10.4 Å². The molecule has 1 N–H and O–H groups in total. The third kappa shape index (κ3) is 2.86. The molecule has 0 saturated heterocycles. The molecule has 0 aliphatic carbocycles. The van der Waals surface area contributed by atoms with Crippen LogP contribution in [0.3, 0.4) is 0 Å². The number of anilines is 1. The van der Waals surface area contributed by atoms with Gasteiger partial charge < -0.3 is 5.32 Å². The second-order valence-corrected chi connectivity index (χ2v) is 6.40. The van der Waals surface area contributed by atoms with Gasteiger partial charge >= 0.3 is 0 Å². The van der Waals surface area contributed by atoms with Crippen molar-refractivity contribution < 1.29 is 4.79 Å². The predicted molar refractivity (Wildman–Crippen MR) is 93.5 cm³/mol. The molecule has 0 atom stereocenters. The molecule has 0 fully saturated rings. The van der Waals surface area contributed by atoms with E-state index in [4.69, 9.17) is 11.6 Å². The van der Waals surface area contributed by atoms with Gasteiger partial charge in [-0.3, -0.25) is 4.79 Å². The van der Waals surface area contributed by atoms with Crippen molar-refractivity contribution in [3.05, 3.63) is 65.4 Å². The number of nitrogens with zero attached hydrogens (tertiary/aromatic N) is 4. The van der Waals surface area contributed by atoms with E-state index >= 15 is 0 Å². The largest absolute Gasteiger partial charge is 0.322 e. The third-order valence-electron chi connectivity index (χ3n) is 3.36. The fraction of sp³-hybridized carbons (Fsp3) is 0. The zero-order chi connectivity index (χ0) is 16.5. The van der Waals surface area contributed by atoms with Gasteiger partial charge in [0.15, 0.2) is 0 Å². The van der Waals surface area contributed by atoms with Crippen LogP contribution in [0.4, 0.5) is 5.69 Å². The van der Waals surface area contributed by atoms with E-state index in [0.29, 0.717) is 16.3 Å². The molecule has 0 bridgehead atoms. The van der Waals surface area contributed by atoms with Crippen molar-refractivity contribution in [2.24, 2.45) is 0 Å². The minimum absolute atomic E-state index is 0.193. The zero-order valence-corrected chi connectivity index (χ0v) is 13.8. The molecule has 0 aliphatic rings. The molecule has 8 heteroatoms. The SMILES string of the molecule is O=C(Nc1cccc(-c2nn3cnnc3s2)c1)c1ccc(Cl)cc1. The lowest BCUT2D eigenvalue weighted by molar-refractivity contribution is 0.102. The molecule has 2 heterocycles. The van der Waals surface area contributed by atoms with Crippen LogP contribution in [-0.2, 0) is 0 Å². The highest BCUT2D eigenvalue weighted by molar-refractivity contribution is 7.19. The minimum Gasteiger partial charge on any atom is -0.322 e. The molecule has 0 spiro atoms. The van der Waals surface area contributed by atoms with Gasteiger partial charge in [-0.25, -0.2) is 0 Å². The third-order valence-corrected chi connectivity index (χ3v) is 4.57. The van der Waals surface area contributed by atoms with Crippen LogP contribution >= 0.6 is 22.9 Å². The first-order chi connectivity index (χ1) is 11.7. The molecular formula is C16H10ClN5OS. The van der Waals surface area contributed by atoms with Gasteiger partial charge in [-0.2, -0.15) is 9.61 Å². The maximum Gasteiger partial charge on any atom is 0.255 e. The molecule has 2 aromatic heterocycles. The smallest absolute Gasteiger partial charge is 0.255 e. The molecular weight excluding hydrogens is 346 g/mol. The molecule has 0 aliphatic heterocycles. The summed E-state index contributed by atoms with van der Waals surface area (Å²) in [6, 6.07) is 14.3. The summed E-state index contributed by atoms with van der Waals surface area (Å²) in [7, 11) is 0. The first-order valence-corrected chi connectivity index (χ1v) is 8.23.